The van der Waals surface area contributed by atoms with E-state index in [0.717, 1.165) is 0 Å². The molecule has 31 nitrogen and oxygen atoms in total. The Morgan fingerprint density at radius 3 is 0.925 bits per heavy atom. The fourth-order valence-electron chi connectivity index (χ4n) is 8.19. The summed E-state index contributed by atoms with van der Waals surface area (Å²) in [5.41, 5.74) is 0. The smallest absolute Gasteiger partial charge is 0.187 e. The highest BCUT2D eigenvalue weighted by molar-refractivity contribution is 4.98. The maximum absolute atomic E-state index is 11.4. The summed E-state index contributed by atoms with van der Waals surface area (Å²) in [4.78, 5) is 0. The van der Waals surface area contributed by atoms with Gasteiger partial charge in [-0.2, -0.15) is 0 Å². The zero-order valence-electron chi connectivity index (χ0n) is 35.0. The first-order valence-corrected chi connectivity index (χ1v) is 21.1. The van der Waals surface area contributed by atoms with Gasteiger partial charge in [-0.25, -0.2) is 0 Å². The van der Waals surface area contributed by atoms with Crippen LogP contribution in [0.1, 0.15) is 0 Å². The number of rotatable bonds is 16. The summed E-state index contributed by atoms with van der Waals surface area (Å²) in [6, 6.07) is 0. The van der Waals surface area contributed by atoms with Gasteiger partial charge in [0, 0.05) is 0 Å². The van der Waals surface area contributed by atoms with Gasteiger partial charge in [0.05, 0.1) is 39.6 Å². The van der Waals surface area contributed by atoms with Gasteiger partial charge in [0.1, 0.15) is 146 Å². The van der Waals surface area contributed by atoms with Crippen molar-refractivity contribution in [2.75, 3.05) is 39.6 Å². The first kappa shape index (κ1) is 55.1. The van der Waals surface area contributed by atoms with E-state index < -0.39 is 224 Å². The normalized spacial score (nSPS) is 53.4. The number of hydrogen-bond acceptors (Lipinski definition) is 31. The van der Waals surface area contributed by atoms with E-state index in [2.05, 4.69) is 0 Å². The highest BCUT2D eigenvalue weighted by atomic mass is 16.8. The third-order valence-electron chi connectivity index (χ3n) is 12.4. The lowest BCUT2D eigenvalue weighted by Gasteiger charge is -2.47. The van der Waals surface area contributed by atoms with Gasteiger partial charge in [-0.15, -0.1) is 0 Å². The van der Waals surface area contributed by atoms with Crippen LogP contribution in [0, 0.1) is 0 Å². The lowest BCUT2D eigenvalue weighted by atomic mass is 9.96. The Kier molecular flexibility index (Phi) is 19.4. The van der Waals surface area contributed by atoms with Crippen LogP contribution in [0.3, 0.4) is 0 Å². The SMILES string of the molecule is OC[C@H]1O[C@@H](O[C@@H]2[C@@H](O)[C@H](OC[C@H]3O[C@@H](OC[C@H]4O[C@@H](OC[C@H]5O[C@H](O)[C@H](O)[C@@H](O)[C@@H]5O)[C@H](O)[C@@H](O[C@@H]5O[C@H](CO)[C@@H](O)[C@H](O)[C@H]5O)[C@@H]4O)[C@H](O)[C@@H](O)[C@@H]3O)O[C@H](CO)[C@H]2O)[C@H](O)[C@@H](O)[C@@H]1O. The Morgan fingerprint density at radius 2 is 0.522 bits per heavy atom. The summed E-state index contributed by atoms with van der Waals surface area (Å²) in [5, 5.41) is 208. The summed E-state index contributed by atoms with van der Waals surface area (Å²) >= 11 is 0. The molecule has 6 heterocycles. The lowest BCUT2D eigenvalue weighted by molar-refractivity contribution is -0.373. The van der Waals surface area contributed by atoms with Crippen LogP contribution in [0.5, 0.6) is 0 Å². The van der Waals surface area contributed by atoms with Crippen molar-refractivity contribution in [3.8, 4) is 0 Å². The molecule has 6 aliphatic heterocycles. The molecule has 20 N–H and O–H groups in total. The predicted molar refractivity (Wildman–Crippen MR) is 199 cm³/mol. The number of aliphatic hydroxyl groups is 20. The summed E-state index contributed by atoms with van der Waals surface area (Å²) in [7, 11) is 0. The molecule has 6 rings (SSSR count). The molecule has 6 fully saturated rings. The standard InChI is InChI=1S/C36H62O31/c37-1-7-13(40)20(47)25(52)35(62-7)66-29-17(44)9(3-39)61-33(27(29)54)59-5-11-16(43)22(49)24(51)32(64-11)57-6-12-18(45)30(67-36-26(53)21(48)14(41)8(2-38)63-36)28(55)34(65-12)58-4-10-15(42)19(46)23(50)31(56)60-10/h7-56H,1-6H2/t7-,8-,9-,10-,11-,12-,13-,14-,15-,16-,17-,18-,19+,20+,21+,22+,23-,24-,25-,26-,27-,28-,29+,30+,31+,32-,33-,34-,35+,36+/m1/s1. The molecule has 0 unspecified atom stereocenters. The highest BCUT2D eigenvalue weighted by Gasteiger charge is 2.55. The molecule has 0 aromatic heterocycles. The second kappa shape index (κ2) is 23.5. The minimum absolute atomic E-state index is 0.797. The Bertz CT molecular complexity index is 1510. The van der Waals surface area contributed by atoms with E-state index >= 15 is 0 Å². The van der Waals surface area contributed by atoms with Crippen molar-refractivity contribution in [3.63, 3.8) is 0 Å². The second-order valence-electron chi connectivity index (χ2n) is 16.9. The molecule has 30 atom stereocenters. The van der Waals surface area contributed by atoms with Gasteiger partial charge in [-0.3, -0.25) is 0 Å². The molecule has 0 spiro atoms. The van der Waals surface area contributed by atoms with Crippen LogP contribution in [0.2, 0.25) is 0 Å². The largest absolute Gasteiger partial charge is 0.394 e. The number of ether oxygens (including phenoxy) is 11. The summed E-state index contributed by atoms with van der Waals surface area (Å²) in [6.45, 7) is -5.16. The molecule has 0 bridgehead atoms. The minimum Gasteiger partial charge on any atom is -0.394 e. The third-order valence-corrected chi connectivity index (χ3v) is 12.4. The molecule has 392 valence electrons. The van der Waals surface area contributed by atoms with Gasteiger partial charge in [0.15, 0.2) is 37.7 Å². The van der Waals surface area contributed by atoms with E-state index in [1.54, 1.807) is 0 Å². The van der Waals surface area contributed by atoms with Gasteiger partial charge in [-0.1, -0.05) is 0 Å². The maximum atomic E-state index is 11.4. The molecule has 6 aliphatic rings. The van der Waals surface area contributed by atoms with Crippen LogP contribution in [0.15, 0.2) is 0 Å². The van der Waals surface area contributed by atoms with Crippen molar-refractivity contribution in [3.05, 3.63) is 0 Å². The third kappa shape index (κ3) is 11.7. The van der Waals surface area contributed by atoms with Gasteiger partial charge < -0.3 is 154 Å². The van der Waals surface area contributed by atoms with Crippen molar-refractivity contribution >= 4 is 0 Å². The van der Waals surface area contributed by atoms with Gasteiger partial charge in [-0.05, 0) is 0 Å². The average molecular weight is 991 g/mol. The van der Waals surface area contributed by atoms with Crippen LogP contribution in [0.25, 0.3) is 0 Å². The lowest BCUT2D eigenvalue weighted by Crippen LogP contribution is -2.66. The van der Waals surface area contributed by atoms with Crippen LogP contribution in [0.4, 0.5) is 0 Å². The summed E-state index contributed by atoms with van der Waals surface area (Å²) in [5.74, 6) is 0. The zero-order valence-corrected chi connectivity index (χ0v) is 35.0. The Morgan fingerprint density at radius 1 is 0.254 bits per heavy atom. The fourth-order valence-corrected chi connectivity index (χ4v) is 8.19. The van der Waals surface area contributed by atoms with E-state index in [0.29, 0.717) is 0 Å². The molecular weight excluding hydrogens is 928 g/mol. The van der Waals surface area contributed by atoms with Crippen molar-refractivity contribution in [2.24, 2.45) is 0 Å². The molecule has 6 saturated heterocycles. The van der Waals surface area contributed by atoms with Crippen molar-refractivity contribution in [2.45, 2.75) is 184 Å². The van der Waals surface area contributed by atoms with E-state index in [4.69, 9.17) is 52.1 Å². The monoisotopic (exact) mass is 990 g/mol. The van der Waals surface area contributed by atoms with Crippen molar-refractivity contribution in [1.29, 1.82) is 0 Å². The molecular formula is C36H62O31. The molecule has 0 radical (unpaired) electrons. The molecule has 0 aromatic rings. The average Bonchev–Trinajstić information content (AvgIpc) is 3.31. The van der Waals surface area contributed by atoms with Crippen LogP contribution in [-0.2, 0) is 52.1 Å². The molecule has 0 saturated carbocycles. The Balaban J connectivity index is 1.13. The highest BCUT2D eigenvalue weighted by Crippen LogP contribution is 2.34. The van der Waals surface area contributed by atoms with Crippen molar-refractivity contribution < 1.29 is 154 Å². The molecule has 0 amide bonds. The maximum Gasteiger partial charge on any atom is 0.187 e. The molecule has 0 aliphatic carbocycles. The zero-order chi connectivity index (χ0) is 49.3. The quantitative estimate of drug-likeness (QED) is 0.0683. The van der Waals surface area contributed by atoms with Crippen LogP contribution < -0.4 is 0 Å². The van der Waals surface area contributed by atoms with Crippen LogP contribution >= 0.6 is 0 Å². The second-order valence-corrected chi connectivity index (χ2v) is 16.9. The molecule has 0 aromatic carbocycles. The number of hydrogen-bond donors (Lipinski definition) is 20. The predicted octanol–water partition coefficient (Wildman–Crippen LogP) is -14.1. The van der Waals surface area contributed by atoms with E-state index in [-0.39, 0.29) is 0 Å². The first-order chi connectivity index (χ1) is 31.6. The topological polar surface area (TPSA) is 506 Å². The fraction of sp³-hybridized carbons (Fsp3) is 1.00. The summed E-state index contributed by atoms with van der Waals surface area (Å²) < 4.78 is 60.5. The Labute approximate surface area is 378 Å². The van der Waals surface area contributed by atoms with E-state index in [9.17, 15) is 102 Å². The minimum atomic E-state index is -2.08. The van der Waals surface area contributed by atoms with Crippen molar-refractivity contribution in [1.82, 2.24) is 0 Å². The molecule has 31 heteroatoms. The van der Waals surface area contributed by atoms with Gasteiger partial charge in [0.25, 0.3) is 0 Å². The van der Waals surface area contributed by atoms with Gasteiger partial charge >= 0.3 is 0 Å². The number of aliphatic hydroxyl groups excluding tert-OH is 20. The van der Waals surface area contributed by atoms with E-state index in [1.165, 1.54) is 0 Å². The Hall–Kier alpha value is -1.24. The first-order valence-electron chi connectivity index (χ1n) is 21.1. The summed E-state index contributed by atoms with van der Waals surface area (Å²) in [6.07, 6.45) is -56.2. The van der Waals surface area contributed by atoms with Gasteiger partial charge in [0.2, 0.25) is 0 Å². The molecule has 67 heavy (non-hydrogen) atoms. The van der Waals surface area contributed by atoms with Crippen LogP contribution in [-0.4, -0.2) is 326 Å². The van der Waals surface area contributed by atoms with E-state index in [1.807, 2.05) is 0 Å².